The second-order valence-electron chi connectivity index (χ2n) is 6.81. The van der Waals surface area contributed by atoms with Gasteiger partial charge in [0.05, 0.1) is 5.39 Å². The average molecular weight is 438 g/mol. The molecule has 0 bridgehead atoms. The van der Waals surface area contributed by atoms with Crippen LogP contribution in [0.25, 0.3) is 21.3 Å². The van der Waals surface area contributed by atoms with Crippen LogP contribution < -0.4 is 5.32 Å². The summed E-state index contributed by atoms with van der Waals surface area (Å²) in [5.74, 6) is 1.29. The monoisotopic (exact) mass is 437 g/mol. The first-order valence-corrected chi connectivity index (χ1v) is 10.5. The number of rotatable bonds is 4. The lowest BCUT2D eigenvalue weighted by Gasteiger charge is -2.15. The molecular formula is C22H20BrN3S. The number of aryl methyl sites for hydroxylation is 1. The van der Waals surface area contributed by atoms with Crippen molar-refractivity contribution < 1.29 is 0 Å². The fraction of sp³-hybridized carbons (Fsp3) is 0.182. The van der Waals surface area contributed by atoms with Crippen molar-refractivity contribution in [3.63, 3.8) is 0 Å². The van der Waals surface area contributed by atoms with Crippen molar-refractivity contribution in [1.29, 1.82) is 0 Å². The Labute approximate surface area is 171 Å². The Kier molecular flexibility index (Phi) is 4.98. The van der Waals surface area contributed by atoms with Gasteiger partial charge in [-0.1, -0.05) is 60.1 Å². The topological polar surface area (TPSA) is 37.8 Å². The predicted octanol–water partition coefficient (Wildman–Crippen LogP) is 7.30. The largest absolute Gasteiger partial charge is 0.339 e. The van der Waals surface area contributed by atoms with Crippen LogP contribution in [0.2, 0.25) is 0 Å². The number of halogens is 1. The van der Waals surface area contributed by atoms with Gasteiger partial charge in [-0.05, 0) is 42.2 Å². The molecular weight excluding hydrogens is 418 g/mol. The first-order chi connectivity index (χ1) is 13.0. The molecule has 0 aliphatic carbocycles. The summed E-state index contributed by atoms with van der Waals surface area (Å²) < 4.78 is 1.07. The number of fused-ring (bicyclic) bond motifs is 1. The maximum absolute atomic E-state index is 4.59. The van der Waals surface area contributed by atoms with Crippen molar-refractivity contribution in [1.82, 2.24) is 9.97 Å². The third-order valence-electron chi connectivity index (χ3n) is 4.63. The number of hydrogen-bond donors (Lipinski definition) is 1. The molecule has 3 nitrogen and oxygen atoms in total. The molecule has 4 aromatic rings. The second-order valence-corrected chi connectivity index (χ2v) is 8.93. The van der Waals surface area contributed by atoms with Crippen LogP contribution in [-0.4, -0.2) is 9.97 Å². The fourth-order valence-electron chi connectivity index (χ4n) is 3.35. The van der Waals surface area contributed by atoms with Gasteiger partial charge < -0.3 is 5.32 Å². The summed E-state index contributed by atoms with van der Waals surface area (Å²) in [6.45, 7) is 6.56. The minimum Gasteiger partial charge on any atom is -0.339 e. The molecule has 2 aromatic carbocycles. The van der Waals surface area contributed by atoms with E-state index in [2.05, 4.69) is 101 Å². The molecule has 0 spiro atoms. The summed E-state index contributed by atoms with van der Waals surface area (Å²) in [5, 5.41) is 4.66. The minimum atomic E-state index is 0.432. The smallest absolute Gasteiger partial charge is 0.143 e. The number of thiophene rings is 1. The molecule has 27 heavy (non-hydrogen) atoms. The first-order valence-electron chi connectivity index (χ1n) is 8.90. The lowest BCUT2D eigenvalue weighted by molar-refractivity contribution is 0.869. The van der Waals surface area contributed by atoms with Gasteiger partial charge >= 0.3 is 0 Å². The fourth-order valence-corrected chi connectivity index (χ4v) is 4.62. The van der Waals surface area contributed by atoms with Gasteiger partial charge in [-0.3, -0.25) is 0 Å². The molecule has 0 saturated carbocycles. The van der Waals surface area contributed by atoms with E-state index in [1.807, 2.05) is 0 Å². The van der Waals surface area contributed by atoms with E-state index in [1.54, 1.807) is 17.7 Å². The van der Waals surface area contributed by atoms with Crippen molar-refractivity contribution >= 4 is 49.0 Å². The van der Waals surface area contributed by atoms with Gasteiger partial charge in [0.25, 0.3) is 0 Å². The Morgan fingerprint density at radius 1 is 1.00 bits per heavy atom. The van der Waals surface area contributed by atoms with Crippen LogP contribution in [0.1, 0.15) is 30.2 Å². The number of nitrogens with one attached hydrogen (secondary N) is 1. The van der Waals surface area contributed by atoms with Gasteiger partial charge in [0.1, 0.15) is 17.0 Å². The molecule has 0 atom stereocenters. The second kappa shape index (κ2) is 7.41. The van der Waals surface area contributed by atoms with Gasteiger partial charge in [-0.25, -0.2) is 9.97 Å². The van der Waals surface area contributed by atoms with Crippen molar-refractivity contribution in [2.24, 2.45) is 0 Å². The minimum absolute atomic E-state index is 0.432. The SMILES string of the molecule is Cc1sc2ncnc(Nc3ccccc3C(C)C)c2c1-c1ccc(Br)cc1. The highest BCUT2D eigenvalue weighted by atomic mass is 79.9. The van der Waals surface area contributed by atoms with Crippen molar-refractivity contribution in [2.75, 3.05) is 5.32 Å². The summed E-state index contributed by atoms with van der Waals surface area (Å²) in [4.78, 5) is 11.4. The summed E-state index contributed by atoms with van der Waals surface area (Å²) in [6, 6.07) is 16.8. The highest BCUT2D eigenvalue weighted by molar-refractivity contribution is 9.10. The number of nitrogens with zero attached hydrogens (tertiary/aromatic N) is 2. The zero-order chi connectivity index (χ0) is 19.0. The number of para-hydroxylation sites is 1. The third-order valence-corrected chi connectivity index (χ3v) is 6.17. The van der Waals surface area contributed by atoms with E-state index in [9.17, 15) is 0 Å². The summed E-state index contributed by atoms with van der Waals surface area (Å²) >= 11 is 5.23. The van der Waals surface area contributed by atoms with E-state index >= 15 is 0 Å². The predicted molar refractivity (Wildman–Crippen MR) is 119 cm³/mol. The van der Waals surface area contributed by atoms with Gasteiger partial charge in [0.2, 0.25) is 0 Å². The van der Waals surface area contributed by atoms with Crippen LogP contribution in [0.4, 0.5) is 11.5 Å². The summed E-state index contributed by atoms with van der Waals surface area (Å²) in [5.41, 5.74) is 4.75. The molecule has 0 amide bonds. The molecule has 0 fully saturated rings. The van der Waals surface area contributed by atoms with Crippen LogP contribution in [0.5, 0.6) is 0 Å². The maximum atomic E-state index is 4.59. The molecule has 2 heterocycles. The Balaban J connectivity index is 1.89. The highest BCUT2D eigenvalue weighted by Crippen LogP contribution is 2.41. The number of hydrogen-bond acceptors (Lipinski definition) is 4. The molecule has 0 saturated heterocycles. The summed E-state index contributed by atoms with van der Waals surface area (Å²) in [6.07, 6.45) is 1.64. The van der Waals surface area contributed by atoms with Gasteiger partial charge in [-0.2, -0.15) is 0 Å². The van der Waals surface area contributed by atoms with Crippen LogP contribution in [0.3, 0.4) is 0 Å². The Morgan fingerprint density at radius 3 is 2.48 bits per heavy atom. The number of aromatic nitrogens is 2. The standard InChI is InChI=1S/C22H20BrN3S/c1-13(2)17-6-4-5-7-18(17)26-21-20-19(15-8-10-16(23)11-9-15)14(3)27-22(20)25-12-24-21/h4-13H,1-3H3,(H,24,25,26). The van der Waals surface area contributed by atoms with E-state index in [-0.39, 0.29) is 0 Å². The normalized spacial score (nSPS) is 11.3. The molecule has 1 N–H and O–H groups in total. The van der Waals surface area contributed by atoms with E-state index in [1.165, 1.54) is 21.6 Å². The lowest BCUT2D eigenvalue weighted by Crippen LogP contribution is -2.00. The molecule has 0 unspecified atom stereocenters. The van der Waals surface area contributed by atoms with Gasteiger partial charge in [0, 0.05) is 20.6 Å². The molecule has 136 valence electrons. The molecule has 5 heteroatoms. The van der Waals surface area contributed by atoms with E-state index < -0.39 is 0 Å². The Morgan fingerprint density at radius 2 is 1.74 bits per heavy atom. The van der Waals surface area contributed by atoms with Crippen LogP contribution in [-0.2, 0) is 0 Å². The Bertz CT molecular complexity index is 1100. The van der Waals surface area contributed by atoms with Crippen LogP contribution in [0.15, 0.2) is 59.3 Å². The molecule has 2 aromatic heterocycles. The van der Waals surface area contributed by atoms with Crippen molar-refractivity contribution in [3.05, 3.63) is 69.8 Å². The quantitative estimate of drug-likeness (QED) is 0.363. The first kappa shape index (κ1) is 18.1. The van der Waals surface area contributed by atoms with Crippen molar-refractivity contribution in [3.8, 4) is 11.1 Å². The van der Waals surface area contributed by atoms with Gasteiger partial charge in [-0.15, -0.1) is 11.3 Å². The highest BCUT2D eigenvalue weighted by Gasteiger charge is 2.17. The third kappa shape index (κ3) is 3.49. The maximum Gasteiger partial charge on any atom is 0.143 e. The van der Waals surface area contributed by atoms with E-state index in [0.717, 1.165) is 26.2 Å². The summed E-state index contributed by atoms with van der Waals surface area (Å²) in [7, 11) is 0. The van der Waals surface area contributed by atoms with Crippen LogP contribution >= 0.6 is 27.3 Å². The van der Waals surface area contributed by atoms with Gasteiger partial charge in [0.15, 0.2) is 0 Å². The van der Waals surface area contributed by atoms with Crippen molar-refractivity contribution in [2.45, 2.75) is 26.7 Å². The zero-order valence-electron chi connectivity index (χ0n) is 15.5. The lowest BCUT2D eigenvalue weighted by atomic mass is 10.0. The molecule has 4 rings (SSSR count). The van der Waals surface area contributed by atoms with Crippen LogP contribution in [0, 0.1) is 6.92 Å². The zero-order valence-corrected chi connectivity index (χ0v) is 17.9. The van der Waals surface area contributed by atoms with E-state index in [4.69, 9.17) is 0 Å². The molecule has 0 aliphatic rings. The number of benzene rings is 2. The Hall–Kier alpha value is -2.24. The van der Waals surface area contributed by atoms with E-state index in [0.29, 0.717) is 5.92 Å². The number of anilines is 2. The molecule has 0 radical (unpaired) electrons. The molecule has 0 aliphatic heterocycles. The average Bonchev–Trinajstić information content (AvgIpc) is 2.99.